The van der Waals surface area contributed by atoms with Gasteiger partial charge in [-0.2, -0.15) is 0 Å². The number of carbonyl (C=O) groups excluding carboxylic acids is 3. The average molecular weight is 429 g/mol. The van der Waals surface area contributed by atoms with Crippen molar-refractivity contribution >= 4 is 28.7 Å². The second kappa shape index (κ2) is 9.08. The summed E-state index contributed by atoms with van der Waals surface area (Å²) in [6.07, 6.45) is 7.15. The number of hydrogen-bond acceptors (Lipinski definition) is 3. The number of urea groups is 1. The Hall–Kier alpha value is -2.90. The second-order valence-corrected chi connectivity index (χ2v) is 8.72. The van der Waals surface area contributed by atoms with Gasteiger partial charge < -0.3 is 15.6 Å². The van der Waals surface area contributed by atoms with E-state index in [0.717, 1.165) is 35.7 Å². The van der Waals surface area contributed by atoms with Gasteiger partial charge in [0.15, 0.2) is 0 Å². The molecule has 4 amide bonds. The zero-order valence-corrected chi connectivity index (χ0v) is 17.7. The fourth-order valence-corrected chi connectivity index (χ4v) is 4.66. The standard InChI is InChI=1S/C23H29FN4O3/c1-14-4-2-3-5-18(14)26-21(29)9-8-20-22(30)28(23(31)27-20)11-10-15-13-25-19-7-6-16(24)12-17(15)19/h6-7,12-14,18,20,25H,2-5,8-11H2,1H3,(H,26,29)(H,27,31)/t14-,18-,20+/m0/s1. The van der Waals surface area contributed by atoms with Gasteiger partial charge in [0.05, 0.1) is 0 Å². The van der Waals surface area contributed by atoms with Crippen molar-refractivity contribution in [2.45, 2.75) is 64.0 Å². The van der Waals surface area contributed by atoms with Crippen molar-refractivity contribution in [3.8, 4) is 0 Å². The zero-order chi connectivity index (χ0) is 22.0. The molecule has 0 bridgehead atoms. The van der Waals surface area contributed by atoms with Gasteiger partial charge in [-0.3, -0.25) is 14.5 Å². The van der Waals surface area contributed by atoms with Crippen LogP contribution in [0.25, 0.3) is 10.9 Å². The number of aromatic nitrogens is 1. The van der Waals surface area contributed by atoms with E-state index in [0.29, 0.717) is 12.3 Å². The molecule has 0 radical (unpaired) electrons. The predicted octanol–water partition coefficient (Wildman–Crippen LogP) is 3.25. The summed E-state index contributed by atoms with van der Waals surface area (Å²) in [5.74, 6) is -0.238. The van der Waals surface area contributed by atoms with Crippen LogP contribution in [-0.4, -0.2) is 46.4 Å². The lowest BCUT2D eigenvalue weighted by Crippen LogP contribution is -2.41. The van der Waals surface area contributed by atoms with Crippen LogP contribution in [0, 0.1) is 11.7 Å². The van der Waals surface area contributed by atoms with Crippen molar-refractivity contribution in [1.29, 1.82) is 0 Å². The van der Waals surface area contributed by atoms with Gasteiger partial charge in [0.1, 0.15) is 11.9 Å². The number of H-pyrrole nitrogens is 1. The molecule has 1 aliphatic heterocycles. The van der Waals surface area contributed by atoms with Crippen molar-refractivity contribution in [3.05, 3.63) is 35.8 Å². The summed E-state index contributed by atoms with van der Waals surface area (Å²) in [7, 11) is 0. The molecule has 2 aromatic rings. The molecule has 3 N–H and O–H groups in total. The molecule has 31 heavy (non-hydrogen) atoms. The Labute approximate surface area is 180 Å². The van der Waals surface area contributed by atoms with Crippen LogP contribution in [0.1, 0.15) is 51.0 Å². The summed E-state index contributed by atoms with van der Waals surface area (Å²) in [4.78, 5) is 41.6. The van der Waals surface area contributed by atoms with Gasteiger partial charge in [0.25, 0.3) is 5.91 Å². The molecule has 7 nitrogen and oxygen atoms in total. The molecule has 2 fully saturated rings. The van der Waals surface area contributed by atoms with E-state index in [-0.39, 0.29) is 43.1 Å². The van der Waals surface area contributed by atoms with Crippen LogP contribution < -0.4 is 10.6 Å². The third kappa shape index (κ3) is 4.73. The highest BCUT2D eigenvalue weighted by molar-refractivity contribution is 6.04. The lowest BCUT2D eigenvalue weighted by molar-refractivity contribution is -0.127. The first-order chi connectivity index (χ1) is 14.9. The number of nitrogens with zero attached hydrogens (tertiary/aromatic N) is 1. The second-order valence-electron chi connectivity index (χ2n) is 8.72. The number of benzene rings is 1. The van der Waals surface area contributed by atoms with Gasteiger partial charge in [-0.15, -0.1) is 0 Å². The number of imide groups is 1. The molecule has 1 aromatic heterocycles. The minimum atomic E-state index is -0.678. The molecule has 8 heteroatoms. The quantitative estimate of drug-likeness (QED) is 0.591. The summed E-state index contributed by atoms with van der Waals surface area (Å²) >= 11 is 0. The molecular formula is C23H29FN4O3. The van der Waals surface area contributed by atoms with Crippen LogP contribution in [0.3, 0.4) is 0 Å². The number of nitrogens with one attached hydrogen (secondary N) is 3. The van der Waals surface area contributed by atoms with Crippen LogP contribution in [0.5, 0.6) is 0 Å². The Kier molecular flexibility index (Phi) is 6.25. The van der Waals surface area contributed by atoms with E-state index in [1.54, 1.807) is 12.3 Å². The van der Waals surface area contributed by atoms with Crippen molar-refractivity contribution in [2.75, 3.05) is 6.54 Å². The van der Waals surface area contributed by atoms with Crippen molar-refractivity contribution in [1.82, 2.24) is 20.5 Å². The highest BCUT2D eigenvalue weighted by atomic mass is 19.1. The fraction of sp³-hybridized carbons (Fsp3) is 0.522. The maximum atomic E-state index is 13.6. The van der Waals surface area contributed by atoms with Crippen LogP contribution in [0.2, 0.25) is 0 Å². The maximum Gasteiger partial charge on any atom is 0.324 e. The number of amides is 4. The molecule has 1 aliphatic carbocycles. The Bertz CT molecular complexity index is 988. The largest absolute Gasteiger partial charge is 0.361 e. The molecule has 1 saturated carbocycles. The van der Waals surface area contributed by atoms with E-state index in [4.69, 9.17) is 0 Å². The van der Waals surface area contributed by atoms with E-state index in [1.165, 1.54) is 23.5 Å². The van der Waals surface area contributed by atoms with Crippen molar-refractivity contribution in [2.24, 2.45) is 5.92 Å². The third-order valence-corrected chi connectivity index (χ3v) is 6.56. The van der Waals surface area contributed by atoms with Gasteiger partial charge in [-0.05, 0) is 55.4 Å². The highest BCUT2D eigenvalue weighted by Gasteiger charge is 2.37. The van der Waals surface area contributed by atoms with E-state index < -0.39 is 12.1 Å². The van der Waals surface area contributed by atoms with E-state index in [2.05, 4.69) is 22.5 Å². The Morgan fingerprint density at radius 3 is 2.87 bits per heavy atom. The monoisotopic (exact) mass is 428 g/mol. The Balaban J connectivity index is 1.29. The minimum absolute atomic E-state index is 0.0694. The first-order valence-corrected chi connectivity index (χ1v) is 11.1. The third-order valence-electron chi connectivity index (χ3n) is 6.56. The number of carbonyl (C=O) groups is 3. The molecule has 2 heterocycles. The smallest absolute Gasteiger partial charge is 0.324 e. The summed E-state index contributed by atoms with van der Waals surface area (Å²) < 4.78 is 13.6. The van der Waals surface area contributed by atoms with Crippen LogP contribution >= 0.6 is 0 Å². The molecule has 4 rings (SSSR count). The molecule has 3 atom stereocenters. The van der Waals surface area contributed by atoms with Crippen LogP contribution in [-0.2, 0) is 16.0 Å². The minimum Gasteiger partial charge on any atom is -0.361 e. The van der Waals surface area contributed by atoms with Gasteiger partial charge in [0, 0.05) is 36.1 Å². The molecule has 166 valence electrons. The summed E-state index contributed by atoms with van der Waals surface area (Å²) in [5.41, 5.74) is 1.66. The molecule has 1 saturated heterocycles. The number of fused-ring (bicyclic) bond motifs is 1. The first-order valence-electron chi connectivity index (χ1n) is 11.1. The average Bonchev–Trinajstić information content (AvgIpc) is 3.26. The molecule has 1 aromatic carbocycles. The van der Waals surface area contributed by atoms with Crippen LogP contribution in [0.15, 0.2) is 24.4 Å². The molecule has 0 unspecified atom stereocenters. The van der Waals surface area contributed by atoms with E-state index in [1.807, 2.05) is 0 Å². The Morgan fingerprint density at radius 1 is 1.26 bits per heavy atom. The maximum absolute atomic E-state index is 13.6. The van der Waals surface area contributed by atoms with Crippen molar-refractivity contribution < 1.29 is 18.8 Å². The molecular weight excluding hydrogens is 399 g/mol. The van der Waals surface area contributed by atoms with E-state index >= 15 is 0 Å². The van der Waals surface area contributed by atoms with Gasteiger partial charge in [-0.1, -0.05) is 19.8 Å². The lowest BCUT2D eigenvalue weighted by atomic mass is 9.86. The normalized spacial score (nSPS) is 23.9. The summed E-state index contributed by atoms with van der Waals surface area (Å²) in [6, 6.07) is 3.58. The number of hydrogen-bond donors (Lipinski definition) is 3. The number of aromatic amines is 1. The lowest BCUT2D eigenvalue weighted by Gasteiger charge is -2.29. The number of halogens is 1. The molecule has 0 spiro atoms. The van der Waals surface area contributed by atoms with Gasteiger partial charge in [-0.25, -0.2) is 9.18 Å². The van der Waals surface area contributed by atoms with Crippen LogP contribution in [0.4, 0.5) is 9.18 Å². The number of rotatable bonds is 7. The highest BCUT2D eigenvalue weighted by Crippen LogP contribution is 2.24. The summed E-state index contributed by atoms with van der Waals surface area (Å²) in [6.45, 7) is 2.36. The molecule has 2 aliphatic rings. The van der Waals surface area contributed by atoms with Gasteiger partial charge in [0.2, 0.25) is 5.91 Å². The van der Waals surface area contributed by atoms with E-state index in [9.17, 15) is 18.8 Å². The zero-order valence-electron chi connectivity index (χ0n) is 17.7. The SMILES string of the molecule is C[C@H]1CCCC[C@@H]1NC(=O)CC[C@H]1NC(=O)N(CCc2c[nH]c3ccc(F)cc23)C1=O. The topological polar surface area (TPSA) is 94.3 Å². The Morgan fingerprint density at radius 2 is 2.06 bits per heavy atom. The summed E-state index contributed by atoms with van der Waals surface area (Å²) in [5, 5.41) is 6.52. The van der Waals surface area contributed by atoms with Gasteiger partial charge >= 0.3 is 6.03 Å². The van der Waals surface area contributed by atoms with Crippen molar-refractivity contribution in [3.63, 3.8) is 0 Å². The fourth-order valence-electron chi connectivity index (χ4n) is 4.66. The predicted molar refractivity (Wildman–Crippen MR) is 115 cm³/mol. The first kappa shape index (κ1) is 21.3.